The van der Waals surface area contributed by atoms with Crippen molar-refractivity contribution in [1.29, 1.82) is 5.26 Å². The van der Waals surface area contributed by atoms with Gasteiger partial charge in [0, 0.05) is 25.6 Å². The maximum Gasteiger partial charge on any atom is 0.416 e. The van der Waals surface area contributed by atoms with Crippen LogP contribution >= 0.6 is 11.6 Å². The lowest BCUT2D eigenvalue weighted by Crippen LogP contribution is -2.33. The standard InChI is InChI=1S/C20H18ClF3N2O4S2/c1-31(28,18-7-4-15(8-17(18)21)20(22,23)24)26-10-14(12-27)19(11-26)32(29,30)16-5-2-13(9-25)3-6-16/h2-8,14,19,27H,1,10-12H2. The molecule has 1 N–H and O–H groups in total. The Morgan fingerprint density at radius 1 is 1.16 bits per heavy atom. The van der Waals surface area contributed by atoms with E-state index in [2.05, 4.69) is 5.87 Å². The van der Waals surface area contributed by atoms with Crippen LogP contribution in [0, 0.1) is 17.2 Å². The minimum atomic E-state index is -4.64. The first kappa shape index (κ1) is 24.5. The minimum absolute atomic E-state index is 0.0649. The van der Waals surface area contributed by atoms with Gasteiger partial charge in [0.2, 0.25) is 0 Å². The largest absolute Gasteiger partial charge is 0.416 e. The topological polar surface area (TPSA) is 98.5 Å². The zero-order valence-corrected chi connectivity index (χ0v) is 18.8. The highest BCUT2D eigenvalue weighted by atomic mass is 35.5. The van der Waals surface area contributed by atoms with E-state index >= 15 is 0 Å². The SMILES string of the molecule is C=S(=O)(c1ccc(C(F)(F)F)cc1Cl)N1CC(CO)C(S(=O)(=O)c2ccc(C#N)cc2)C1. The molecule has 3 unspecified atom stereocenters. The summed E-state index contributed by atoms with van der Waals surface area (Å²) in [5.74, 6) is 2.82. The summed E-state index contributed by atoms with van der Waals surface area (Å²) < 4.78 is 79.7. The fourth-order valence-electron chi connectivity index (χ4n) is 3.54. The van der Waals surface area contributed by atoms with Gasteiger partial charge in [0.25, 0.3) is 0 Å². The molecule has 6 nitrogen and oxygen atoms in total. The van der Waals surface area contributed by atoms with Crippen LogP contribution in [0.4, 0.5) is 13.2 Å². The maximum atomic E-state index is 13.5. The molecule has 172 valence electrons. The van der Waals surface area contributed by atoms with Crippen molar-refractivity contribution in [2.45, 2.75) is 21.2 Å². The molecule has 1 heterocycles. The summed E-state index contributed by atoms with van der Waals surface area (Å²) in [5, 5.41) is 17.1. The van der Waals surface area contributed by atoms with Crippen molar-refractivity contribution in [3.63, 3.8) is 0 Å². The average molecular weight is 507 g/mol. The number of aliphatic hydroxyl groups excluding tert-OH is 1. The van der Waals surface area contributed by atoms with E-state index in [1.54, 1.807) is 0 Å². The maximum absolute atomic E-state index is 13.5. The highest BCUT2D eigenvalue weighted by Crippen LogP contribution is 2.37. The van der Waals surface area contributed by atoms with Crippen molar-refractivity contribution in [2.75, 3.05) is 19.7 Å². The van der Waals surface area contributed by atoms with Crippen LogP contribution in [-0.4, -0.2) is 52.9 Å². The summed E-state index contributed by atoms with van der Waals surface area (Å²) in [6.45, 7) is -0.906. The first-order chi connectivity index (χ1) is 14.8. The van der Waals surface area contributed by atoms with Gasteiger partial charge in [-0.1, -0.05) is 11.6 Å². The third kappa shape index (κ3) is 4.51. The van der Waals surface area contributed by atoms with Gasteiger partial charge in [0.1, 0.15) is 0 Å². The summed E-state index contributed by atoms with van der Waals surface area (Å²) in [5.41, 5.74) is -0.745. The van der Waals surface area contributed by atoms with E-state index < -0.39 is 54.1 Å². The molecule has 3 rings (SSSR count). The number of hydrogen-bond acceptors (Lipinski definition) is 5. The van der Waals surface area contributed by atoms with E-state index in [0.717, 1.165) is 12.1 Å². The Morgan fingerprint density at radius 3 is 2.28 bits per heavy atom. The Kier molecular flexibility index (Phi) is 6.66. The molecule has 1 aliphatic rings. The smallest absolute Gasteiger partial charge is 0.396 e. The van der Waals surface area contributed by atoms with Crippen molar-refractivity contribution in [3.8, 4) is 6.07 Å². The molecule has 1 saturated heterocycles. The fourth-order valence-corrected chi connectivity index (χ4v) is 7.85. The summed E-state index contributed by atoms with van der Waals surface area (Å²) in [4.78, 5) is -0.217. The second-order valence-corrected chi connectivity index (χ2v) is 12.1. The van der Waals surface area contributed by atoms with Crippen molar-refractivity contribution < 1.29 is 30.9 Å². The Labute approximate surface area is 188 Å². The third-order valence-electron chi connectivity index (χ3n) is 5.31. The molecule has 0 radical (unpaired) electrons. The third-order valence-corrected chi connectivity index (χ3v) is 10.2. The van der Waals surface area contributed by atoms with Gasteiger partial charge in [0.05, 0.1) is 47.0 Å². The van der Waals surface area contributed by atoms with E-state index in [1.807, 2.05) is 6.07 Å². The zero-order valence-electron chi connectivity index (χ0n) is 16.4. The number of nitrogens with zero attached hydrogens (tertiary/aromatic N) is 2. The Balaban J connectivity index is 1.95. The molecule has 12 heteroatoms. The molecule has 3 atom stereocenters. The summed E-state index contributed by atoms with van der Waals surface area (Å²) in [6, 6.07) is 9.48. The molecular weight excluding hydrogens is 489 g/mol. The van der Waals surface area contributed by atoms with Gasteiger partial charge in [-0.25, -0.2) is 16.9 Å². The van der Waals surface area contributed by atoms with Crippen LogP contribution in [0.2, 0.25) is 5.02 Å². The van der Waals surface area contributed by atoms with Crippen LogP contribution in [0.1, 0.15) is 11.1 Å². The molecule has 0 spiro atoms. The molecular formula is C20H18ClF3N2O4S2. The minimum Gasteiger partial charge on any atom is -0.396 e. The monoisotopic (exact) mass is 506 g/mol. The Hall–Kier alpha value is -2.10. The number of alkyl halides is 3. The first-order valence-corrected chi connectivity index (χ1v) is 12.8. The summed E-state index contributed by atoms with van der Waals surface area (Å²) in [6.07, 6.45) is -4.64. The van der Waals surface area contributed by atoms with E-state index in [4.69, 9.17) is 16.9 Å². The number of nitriles is 1. The highest BCUT2D eigenvalue weighted by Gasteiger charge is 2.44. The number of sulfone groups is 1. The average Bonchev–Trinajstić information content (AvgIpc) is 3.19. The van der Waals surface area contributed by atoms with Crippen LogP contribution in [0.3, 0.4) is 0 Å². The van der Waals surface area contributed by atoms with Gasteiger partial charge >= 0.3 is 6.18 Å². The summed E-state index contributed by atoms with van der Waals surface area (Å²) >= 11 is 5.98. The van der Waals surface area contributed by atoms with E-state index in [-0.39, 0.29) is 28.4 Å². The molecule has 0 aromatic heterocycles. The van der Waals surface area contributed by atoms with Crippen LogP contribution in [0.15, 0.2) is 52.3 Å². The highest BCUT2D eigenvalue weighted by molar-refractivity contribution is 7.98. The van der Waals surface area contributed by atoms with Gasteiger partial charge in [-0.15, -0.1) is 0 Å². The second kappa shape index (κ2) is 8.68. The summed E-state index contributed by atoms with van der Waals surface area (Å²) in [7, 11) is -7.43. The molecule has 0 saturated carbocycles. The van der Waals surface area contributed by atoms with Gasteiger partial charge in [-0.3, -0.25) is 0 Å². The Morgan fingerprint density at radius 2 is 1.78 bits per heavy atom. The van der Waals surface area contributed by atoms with Gasteiger partial charge < -0.3 is 5.11 Å². The molecule has 32 heavy (non-hydrogen) atoms. The van der Waals surface area contributed by atoms with E-state index in [9.17, 15) is 30.9 Å². The Bertz CT molecular complexity index is 1270. The molecule has 0 amide bonds. The molecule has 2 aromatic carbocycles. The lowest BCUT2D eigenvalue weighted by molar-refractivity contribution is -0.137. The van der Waals surface area contributed by atoms with Crippen molar-refractivity contribution in [3.05, 3.63) is 58.6 Å². The number of benzene rings is 2. The van der Waals surface area contributed by atoms with Gasteiger partial charge in [-0.05, 0) is 48.3 Å². The number of hydrogen-bond donors (Lipinski definition) is 1. The quantitative estimate of drug-likeness (QED) is 0.629. The van der Waals surface area contributed by atoms with E-state index in [1.165, 1.54) is 28.6 Å². The predicted molar refractivity (Wildman–Crippen MR) is 114 cm³/mol. The second-order valence-electron chi connectivity index (χ2n) is 7.29. The first-order valence-electron chi connectivity index (χ1n) is 9.16. The fraction of sp³-hybridized carbons (Fsp3) is 0.300. The van der Waals surface area contributed by atoms with Crippen LogP contribution in [-0.2, 0) is 25.7 Å². The molecule has 0 aliphatic carbocycles. The number of aliphatic hydroxyl groups is 1. The molecule has 1 fully saturated rings. The van der Waals surface area contributed by atoms with E-state index in [0.29, 0.717) is 6.07 Å². The van der Waals surface area contributed by atoms with Gasteiger partial charge in [-0.2, -0.15) is 18.4 Å². The zero-order chi connectivity index (χ0) is 23.9. The van der Waals surface area contributed by atoms with Crippen molar-refractivity contribution in [2.24, 2.45) is 5.92 Å². The molecule has 1 aliphatic heterocycles. The lowest BCUT2D eigenvalue weighted by Gasteiger charge is -2.23. The molecule has 2 aromatic rings. The molecule has 0 bridgehead atoms. The van der Waals surface area contributed by atoms with Crippen LogP contribution in [0.25, 0.3) is 0 Å². The predicted octanol–water partition coefficient (Wildman–Crippen LogP) is 2.99. The van der Waals surface area contributed by atoms with Gasteiger partial charge in [0.15, 0.2) is 9.84 Å². The van der Waals surface area contributed by atoms with Crippen LogP contribution < -0.4 is 0 Å². The van der Waals surface area contributed by atoms with Crippen LogP contribution in [0.5, 0.6) is 0 Å². The number of rotatable bonds is 5. The van der Waals surface area contributed by atoms with Crippen molar-refractivity contribution in [1.82, 2.24) is 4.31 Å². The number of halogens is 4. The lowest BCUT2D eigenvalue weighted by atomic mass is 10.1. The normalized spacial score (nSPS) is 21.8. The van der Waals surface area contributed by atoms with Crippen molar-refractivity contribution >= 4 is 37.0 Å².